The molecule has 0 aromatic rings. The van der Waals surface area contributed by atoms with Crippen LogP contribution in [0.4, 0.5) is 0 Å². The minimum Gasteiger partial charge on any atom is -0.693 e. The first-order chi connectivity index (χ1) is 3.46. The van der Waals surface area contributed by atoms with Gasteiger partial charge >= 0.3 is 21.1 Å². The Hall–Kier alpha value is -0.992. The van der Waals surface area contributed by atoms with Gasteiger partial charge in [-0.15, -0.1) is 0 Å². The Morgan fingerprint density at radius 3 is 0.727 bits per heavy atom. The molecule has 0 aliphatic carbocycles. The van der Waals surface area contributed by atoms with Gasteiger partial charge in [0, 0.05) is 0 Å². The summed E-state index contributed by atoms with van der Waals surface area (Å²) in [5.74, 6) is 0. The molecule has 0 amide bonds. The van der Waals surface area contributed by atoms with Crippen LogP contribution in [-0.4, -0.2) is 10.2 Å². The molecule has 0 bridgehead atoms. The minimum atomic E-state index is -1.75. The molecule has 0 radical (unpaired) electrons. The minimum absolute atomic E-state index is 0. The van der Waals surface area contributed by atoms with Gasteiger partial charge in [0.25, 0.3) is 0 Å². The van der Waals surface area contributed by atoms with Crippen molar-refractivity contribution in [3.63, 3.8) is 0 Å². The van der Waals surface area contributed by atoms with E-state index >= 15 is 0 Å². The molecular formula is H4N4O6Pt. The Labute approximate surface area is 74.8 Å². The molecule has 70 valence electrons. The average molecular weight is 351 g/mol. The van der Waals surface area contributed by atoms with Crippen molar-refractivity contribution in [3.05, 3.63) is 42.9 Å². The maximum Gasteiger partial charge on any atom is 4.00 e. The smallest absolute Gasteiger partial charge is 0.693 e. The van der Waals surface area contributed by atoms with E-state index in [1.54, 1.807) is 0 Å². The third-order valence-corrected chi connectivity index (χ3v) is 0. The van der Waals surface area contributed by atoms with Crippen molar-refractivity contribution in [3.8, 4) is 0 Å². The summed E-state index contributed by atoms with van der Waals surface area (Å²) in [4.78, 5) is 16.5. The van der Waals surface area contributed by atoms with Gasteiger partial charge in [-0.2, -0.15) is 0 Å². The first-order valence-corrected chi connectivity index (χ1v) is 1.10. The molecule has 11 heteroatoms. The number of hydrogen-bond donors (Lipinski definition) is 0. The number of rotatable bonds is 0. The van der Waals surface area contributed by atoms with Crippen LogP contribution in [0.1, 0.15) is 0 Å². The summed E-state index contributed by atoms with van der Waals surface area (Å²) in [5, 5.41) is 29.5. The summed E-state index contributed by atoms with van der Waals surface area (Å²) >= 11 is 0. The van der Waals surface area contributed by atoms with Crippen LogP contribution in [0.25, 0.3) is 12.3 Å². The van der Waals surface area contributed by atoms with E-state index in [4.69, 9.17) is 30.6 Å². The summed E-state index contributed by atoms with van der Waals surface area (Å²) in [7, 11) is 0. The van der Waals surface area contributed by atoms with E-state index in [0.717, 1.165) is 0 Å². The Morgan fingerprint density at radius 1 is 0.727 bits per heavy atom. The van der Waals surface area contributed by atoms with Crippen molar-refractivity contribution in [1.82, 2.24) is 0 Å². The van der Waals surface area contributed by atoms with Gasteiger partial charge in [-0.05, 0) is 0 Å². The van der Waals surface area contributed by atoms with Crippen molar-refractivity contribution in [2.45, 2.75) is 0 Å². The van der Waals surface area contributed by atoms with E-state index in [1.165, 1.54) is 0 Å². The van der Waals surface area contributed by atoms with Crippen molar-refractivity contribution in [2.24, 2.45) is 0 Å². The fourth-order valence-electron chi connectivity index (χ4n) is 0. The summed E-state index contributed by atoms with van der Waals surface area (Å²) in [6, 6.07) is 0. The zero-order valence-electron chi connectivity index (χ0n) is 4.81. The fraction of sp³-hybridized carbons (Fsp3) is 0. The molecule has 0 saturated carbocycles. The first kappa shape index (κ1) is 32.4. The number of hydrogen-bond acceptors (Lipinski definition) is 6. The Balaban J connectivity index is -0.0000000171. The maximum absolute atomic E-state index is 8.25. The molecule has 0 aliphatic heterocycles. The van der Waals surface area contributed by atoms with Crippen LogP contribution >= 0.6 is 0 Å². The van der Waals surface area contributed by atoms with Gasteiger partial charge in [-0.1, -0.05) is 0 Å². The van der Waals surface area contributed by atoms with Crippen molar-refractivity contribution >= 4 is 0 Å². The maximum atomic E-state index is 8.25. The number of nitrogens with zero attached hydrogens (tertiary/aromatic N) is 2. The van der Waals surface area contributed by atoms with Crippen LogP contribution in [0.15, 0.2) is 0 Å². The Morgan fingerprint density at radius 2 is 0.727 bits per heavy atom. The van der Waals surface area contributed by atoms with Crippen LogP contribution in [0, 0.1) is 30.6 Å². The van der Waals surface area contributed by atoms with E-state index in [-0.39, 0.29) is 33.4 Å². The summed E-state index contributed by atoms with van der Waals surface area (Å²) < 4.78 is 0. The molecule has 0 atom stereocenters. The average Bonchev–Trinajstić information content (AvgIpc) is 1.25. The first-order valence-electron chi connectivity index (χ1n) is 1.10. The molecule has 0 spiro atoms. The Bertz CT molecular complexity index is 72.6. The zero-order chi connectivity index (χ0) is 7.15. The van der Waals surface area contributed by atoms with E-state index in [9.17, 15) is 0 Å². The van der Waals surface area contributed by atoms with Gasteiger partial charge in [0.05, 0.1) is 10.2 Å². The molecule has 0 aliphatic rings. The number of nitrogens with two attached hydrogens (primary N) is 2. The predicted octanol–water partition coefficient (Wildman–Crippen LogP) is 0.953. The quantitative estimate of drug-likeness (QED) is 0.459. The molecule has 0 aromatic carbocycles. The second-order valence-corrected chi connectivity index (χ2v) is 0.447. The normalized spacial score (nSPS) is 4.36. The predicted molar refractivity (Wildman–Crippen MR) is 31.3 cm³/mol. The second-order valence-electron chi connectivity index (χ2n) is 0.447. The van der Waals surface area contributed by atoms with Gasteiger partial charge < -0.3 is 42.9 Å². The van der Waals surface area contributed by atoms with Crippen LogP contribution in [0.3, 0.4) is 0 Å². The molecule has 0 aromatic heterocycles. The van der Waals surface area contributed by atoms with Crippen molar-refractivity contribution in [2.75, 3.05) is 0 Å². The SMILES string of the molecule is O=[N+]([O-])[O-].O=[N+]([O-])[O-].[NH2-].[NH2-].[Pt+4]. The zero-order valence-corrected chi connectivity index (χ0v) is 7.09. The second kappa shape index (κ2) is 23.0. The van der Waals surface area contributed by atoms with Crippen LogP contribution in [-0.2, 0) is 21.1 Å². The molecule has 4 N–H and O–H groups in total. The fourth-order valence-corrected chi connectivity index (χ4v) is 0. The van der Waals surface area contributed by atoms with Gasteiger partial charge in [0.2, 0.25) is 0 Å². The van der Waals surface area contributed by atoms with E-state index in [0.29, 0.717) is 0 Å². The van der Waals surface area contributed by atoms with Gasteiger partial charge in [-0.25, -0.2) is 0 Å². The van der Waals surface area contributed by atoms with E-state index in [1.807, 2.05) is 0 Å². The van der Waals surface area contributed by atoms with Crippen molar-refractivity contribution in [1.29, 1.82) is 0 Å². The van der Waals surface area contributed by atoms with Crippen LogP contribution in [0.2, 0.25) is 0 Å². The van der Waals surface area contributed by atoms with Gasteiger partial charge in [0.15, 0.2) is 0 Å². The molecule has 0 rings (SSSR count). The topological polar surface area (TPSA) is 199 Å². The molecular weight excluding hydrogens is 347 g/mol. The van der Waals surface area contributed by atoms with Crippen LogP contribution in [0.5, 0.6) is 0 Å². The Kier molecular flexibility index (Phi) is 67.8. The summed E-state index contributed by atoms with van der Waals surface area (Å²) in [5.41, 5.74) is 0. The largest absolute Gasteiger partial charge is 4.00 e. The molecule has 10 nitrogen and oxygen atoms in total. The molecule has 0 unspecified atom stereocenters. The standard InChI is InChI=1S/2NO3.2H2N.Pt/c2*2-1(3)4;;;/h;;2*1H2;/q4*-1;+4. The summed E-state index contributed by atoms with van der Waals surface area (Å²) in [6.07, 6.45) is 0. The molecule has 11 heavy (non-hydrogen) atoms. The third kappa shape index (κ3) is 450. The van der Waals surface area contributed by atoms with Crippen molar-refractivity contribution < 1.29 is 31.2 Å². The van der Waals surface area contributed by atoms with E-state index in [2.05, 4.69) is 0 Å². The monoisotopic (exact) mass is 351 g/mol. The van der Waals surface area contributed by atoms with Gasteiger partial charge in [-0.3, -0.25) is 0 Å². The molecule has 0 heterocycles. The van der Waals surface area contributed by atoms with Crippen LogP contribution < -0.4 is 0 Å². The third-order valence-electron chi connectivity index (χ3n) is 0. The summed E-state index contributed by atoms with van der Waals surface area (Å²) in [6.45, 7) is 0. The van der Waals surface area contributed by atoms with E-state index < -0.39 is 10.2 Å². The van der Waals surface area contributed by atoms with Gasteiger partial charge in [0.1, 0.15) is 0 Å². The molecule has 0 saturated heterocycles. The molecule has 0 fully saturated rings.